The maximum atomic E-state index is 2.33. The topological polar surface area (TPSA) is 0 Å². The lowest BCUT2D eigenvalue weighted by molar-refractivity contribution is 0.739. The smallest absolute Gasteiger partial charge is 0.0187 e. The Morgan fingerprint density at radius 3 is 2.00 bits per heavy atom. The van der Waals surface area contributed by atoms with Gasteiger partial charge >= 0.3 is 0 Å². The highest BCUT2D eigenvalue weighted by Gasteiger charge is 2.04. The highest BCUT2D eigenvalue weighted by molar-refractivity contribution is 5.74. The number of hydrogen-bond donors (Lipinski definition) is 0. The van der Waals surface area contributed by atoms with Crippen molar-refractivity contribution in [2.45, 2.75) is 54.4 Å². The van der Waals surface area contributed by atoms with Crippen LogP contribution in [-0.2, 0) is 0 Å². The van der Waals surface area contributed by atoms with Crippen molar-refractivity contribution in [3.8, 4) is 0 Å². The van der Waals surface area contributed by atoms with Crippen molar-refractivity contribution in [2.24, 2.45) is 5.92 Å². The lowest BCUT2D eigenvalue weighted by Crippen LogP contribution is -1.94. The quantitative estimate of drug-likeness (QED) is 0.545. The Kier molecular flexibility index (Phi) is 9.88. The van der Waals surface area contributed by atoms with E-state index in [0.717, 1.165) is 0 Å². The van der Waals surface area contributed by atoms with Crippen LogP contribution in [0.5, 0.6) is 0 Å². The first kappa shape index (κ1) is 17.7. The number of benzene rings is 1. The molecule has 19 heavy (non-hydrogen) atoms. The lowest BCUT2D eigenvalue weighted by Gasteiger charge is -2.11. The Morgan fingerprint density at radius 1 is 1.05 bits per heavy atom. The summed E-state index contributed by atoms with van der Waals surface area (Å²) >= 11 is 0. The van der Waals surface area contributed by atoms with Crippen LogP contribution >= 0.6 is 0 Å². The molecule has 0 saturated heterocycles. The van der Waals surface area contributed by atoms with E-state index in [9.17, 15) is 0 Å². The van der Waals surface area contributed by atoms with Gasteiger partial charge in [0, 0.05) is 0 Å². The zero-order chi connectivity index (χ0) is 14.7. The molecule has 0 fully saturated rings. The van der Waals surface area contributed by atoms with Crippen molar-refractivity contribution in [1.29, 1.82) is 0 Å². The molecule has 0 heterocycles. The minimum atomic E-state index is 0.698. The van der Waals surface area contributed by atoms with Gasteiger partial charge < -0.3 is 0 Å². The van der Waals surface area contributed by atoms with Crippen LogP contribution in [0.3, 0.4) is 0 Å². The molecule has 0 aromatic heterocycles. The Labute approximate surface area is 120 Å². The average Bonchev–Trinajstić information content (AvgIpc) is 2.44. The van der Waals surface area contributed by atoms with Gasteiger partial charge in [-0.15, -0.1) is 0 Å². The fourth-order valence-corrected chi connectivity index (χ4v) is 1.69. The molecule has 1 aromatic carbocycles. The molecular weight excluding hydrogens is 228 g/mol. The van der Waals surface area contributed by atoms with Gasteiger partial charge in [0.1, 0.15) is 0 Å². The monoisotopic (exact) mass is 258 g/mol. The molecule has 1 atom stereocenters. The van der Waals surface area contributed by atoms with Crippen LogP contribution in [-0.4, -0.2) is 0 Å². The van der Waals surface area contributed by atoms with Gasteiger partial charge in [-0.3, -0.25) is 0 Å². The molecule has 0 amide bonds. The maximum absolute atomic E-state index is 2.33. The third-order valence-corrected chi connectivity index (χ3v) is 2.70. The summed E-state index contributed by atoms with van der Waals surface area (Å²) in [6, 6.07) is 8.73. The second-order valence-corrected chi connectivity index (χ2v) is 4.80. The van der Waals surface area contributed by atoms with Crippen molar-refractivity contribution in [3.05, 3.63) is 53.6 Å². The fraction of sp³-hybridized carbons (Fsp3) is 0.474. The zero-order valence-corrected chi connectivity index (χ0v) is 13.5. The van der Waals surface area contributed by atoms with Gasteiger partial charge in [-0.25, -0.2) is 0 Å². The summed E-state index contributed by atoms with van der Waals surface area (Å²) in [5, 5.41) is 0. The molecule has 0 saturated carbocycles. The van der Waals surface area contributed by atoms with E-state index in [1.807, 2.05) is 13.8 Å². The summed E-state index contributed by atoms with van der Waals surface area (Å²) in [7, 11) is 0. The fourth-order valence-electron chi connectivity index (χ4n) is 1.69. The van der Waals surface area contributed by atoms with E-state index in [4.69, 9.17) is 0 Å². The Bertz CT molecular complexity index is 379. The number of hydrogen-bond acceptors (Lipinski definition) is 0. The van der Waals surface area contributed by atoms with Gasteiger partial charge in [0.05, 0.1) is 0 Å². The van der Waals surface area contributed by atoms with E-state index in [1.165, 1.54) is 29.5 Å². The molecule has 0 radical (unpaired) electrons. The van der Waals surface area contributed by atoms with Crippen LogP contribution in [0.25, 0.3) is 5.57 Å². The molecule has 0 nitrogen and oxygen atoms in total. The van der Waals surface area contributed by atoms with Gasteiger partial charge in [0.2, 0.25) is 0 Å². The Balaban J connectivity index is 0.000000573. The van der Waals surface area contributed by atoms with Crippen LogP contribution in [0, 0.1) is 12.8 Å². The van der Waals surface area contributed by atoms with Crippen LogP contribution < -0.4 is 0 Å². The summed E-state index contributed by atoms with van der Waals surface area (Å²) in [6.45, 7) is 12.6. The second kappa shape index (κ2) is 10.6. The van der Waals surface area contributed by atoms with Gasteiger partial charge in [0.25, 0.3) is 0 Å². The molecule has 106 valence electrons. The van der Waals surface area contributed by atoms with Crippen molar-refractivity contribution in [3.63, 3.8) is 0 Å². The first-order valence-corrected chi connectivity index (χ1v) is 7.62. The summed E-state index contributed by atoms with van der Waals surface area (Å²) in [4.78, 5) is 0. The van der Waals surface area contributed by atoms with Crippen molar-refractivity contribution < 1.29 is 0 Å². The highest BCUT2D eigenvalue weighted by Crippen LogP contribution is 2.23. The number of allylic oxidation sites excluding steroid dienone is 4. The zero-order valence-electron chi connectivity index (χ0n) is 13.5. The molecule has 0 aliphatic heterocycles. The van der Waals surface area contributed by atoms with Crippen LogP contribution in [0.2, 0.25) is 0 Å². The summed E-state index contributed by atoms with van der Waals surface area (Å²) in [6.07, 6.45) is 9.27. The van der Waals surface area contributed by atoms with Crippen molar-refractivity contribution in [1.82, 2.24) is 0 Å². The summed E-state index contributed by atoms with van der Waals surface area (Å²) < 4.78 is 0. The van der Waals surface area contributed by atoms with E-state index in [2.05, 4.69) is 70.2 Å². The minimum absolute atomic E-state index is 0.698. The molecule has 0 bridgehead atoms. The van der Waals surface area contributed by atoms with Crippen LogP contribution in [0.1, 0.15) is 58.6 Å². The largest absolute Gasteiger partial charge is 0.0808 e. The summed E-state index contributed by atoms with van der Waals surface area (Å²) in [5.74, 6) is 0.698. The first-order valence-electron chi connectivity index (χ1n) is 7.62. The van der Waals surface area contributed by atoms with Crippen molar-refractivity contribution in [2.75, 3.05) is 0 Å². The predicted molar refractivity (Wildman–Crippen MR) is 89.4 cm³/mol. The molecular formula is C19H30. The standard InChI is InChI=1S/C14H16.C3H8.C2H6/c1-11-3-7-13(8-4-11)14-9-5-12(2)6-10-14;1-3-2;1-2/h3-5,7-10,12H,6H2,1-2H3;3H2,1-2H3;1-2H3. The molecule has 0 N–H and O–H groups in total. The highest BCUT2D eigenvalue weighted by atomic mass is 14.1. The SMILES string of the molecule is CC.CCC.Cc1ccc(C2=CCC(C)C=C2)cc1. The first-order chi connectivity index (χ1) is 9.17. The molecule has 0 heteroatoms. The van der Waals surface area contributed by atoms with Crippen LogP contribution in [0.15, 0.2) is 42.5 Å². The molecule has 1 aliphatic carbocycles. The lowest BCUT2D eigenvalue weighted by atomic mass is 9.94. The molecule has 0 spiro atoms. The van der Waals surface area contributed by atoms with E-state index in [-0.39, 0.29) is 0 Å². The van der Waals surface area contributed by atoms with Crippen LogP contribution in [0.4, 0.5) is 0 Å². The van der Waals surface area contributed by atoms with Gasteiger partial charge in [0.15, 0.2) is 0 Å². The molecule has 1 unspecified atom stereocenters. The third-order valence-electron chi connectivity index (χ3n) is 2.70. The van der Waals surface area contributed by atoms with E-state index in [1.54, 1.807) is 0 Å². The molecule has 1 aliphatic rings. The van der Waals surface area contributed by atoms with Gasteiger partial charge in [-0.05, 0) is 30.4 Å². The summed E-state index contributed by atoms with van der Waals surface area (Å²) in [5.41, 5.74) is 4.02. The Hall–Kier alpha value is -1.30. The average molecular weight is 258 g/mol. The number of rotatable bonds is 1. The Morgan fingerprint density at radius 2 is 1.58 bits per heavy atom. The number of aryl methyl sites for hydroxylation is 1. The second-order valence-electron chi connectivity index (χ2n) is 4.80. The minimum Gasteiger partial charge on any atom is -0.0808 e. The van der Waals surface area contributed by atoms with Gasteiger partial charge in [-0.2, -0.15) is 0 Å². The maximum Gasteiger partial charge on any atom is -0.0187 e. The van der Waals surface area contributed by atoms with Crippen molar-refractivity contribution >= 4 is 5.57 Å². The van der Waals surface area contributed by atoms with E-state index < -0.39 is 0 Å². The molecule has 2 rings (SSSR count). The van der Waals surface area contributed by atoms with E-state index >= 15 is 0 Å². The van der Waals surface area contributed by atoms with Gasteiger partial charge in [-0.1, -0.05) is 89.1 Å². The van der Waals surface area contributed by atoms with E-state index in [0.29, 0.717) is 5.92 Å². The normalized spacial score (nSPS) is 16.5. The predicted octanol–water partition coefficient (Wildman–Crippen LogP) is 6.42. The molecule has 1 aromatic rings. The third kappa shape index (κ3) is 7.00.